The lowest BCUT2D eigenvalue weighted by Crippen LogP contribution is -2.25. The third kappa shape index (κ3) is 3.17. The van der Waals surface area contributed by atoms with Crippen molar-refractivity contribution in [2.24, 2.45) is 21.9 Å². The number of nitrogens with one attached hydrogen (secondary N) is 2. The first kappa shape index (κ1) is 10.9. The second-order valence-corrected chi connectivity index (χ2v) is 1.64. The van der Waals surface area contributed by atoms with E-state index in [4.69, 9.17) is 17.0 Å². The Morgan fingerprint density at radius 2 is 2.31 bits per heavy atom. The molecular formula is C2H8N10O. The summed E-state index contributed by atoms with van der Waals surface area (Å²) in [5.74, 6) is 4.87. The quantitative estimate of drug-likeness (QED) is 0.128. The lowest BCUT2D eigenvalue weighted by Gasteiger charge is -2.02. The third-order valence-electron chi connectivity index (χ3n) is 0.800. The van der Waals surface area contributed by atoms with Crippen LogP contribution in [0.1, 0.15) is 0 Å². The number of hydrogen-bond donors (Lipinski definition) is 4. The van der Waals surface area contributed by atoms with Crippen LogP contribution in [0.25, 0.3) is 0 Å². The van der Waals surface area contributed by atoms with Crippen molar-refractivity contribution in [2.45, 2.75) is 0 Å². The number of guanidine groups is 1. The monoisotopic (exact) mass is 188 g/mol. The highest BCUT2D eigenvalue weighted by Gasteiger charge is 2.02. The van der Waals surface area contributed by atoms with E-state index in [0.717, 1.165) is 5.12 Å². The summed E-state index contributed by atoms with van der Waals surface area (Å²) >= 11 is 0. The first-order valence-electron chi connectivity index (χ1n) is 2.74. The molecule has 0 spiro atoms. The van der Waals surface area contributed by atoms with Crippen LogP contribution in [0.5, 0.6) is 0 Å². The molecule has 8 N–H and O–H groups in total. The maximum atomic E-state index is 6.69. The molecule has 0 amide bonds. The molecule has 0 fully saturated rings. The number of anilines is 1. The Labute approximate surface area is 71.6 Å². The Balaban J connectivity index is 0.00000144. The third-order valence-corrected chi connectivity index (χ3v) is 0.800. The van der Waals surface area contributed by atoms with Gasteiger partial charge in [0, 0.05) is 0 Å². The second kappa shape index (κ2) is 4.68. The Morgan fingerprint density at radius 1 is 1.62 bits per heavy atom. The Hall–Kier alpha value is -2.14. The first-order chi connectivity index (χ1) is 5.70. The molecule has 0 atom stereocenters. The molecule has 0 aliphatic rings. The molecular weight excluding hydrogens is 180 g/mol. The van der Waals surface area contributed by atoms with Crippen molar-refractivity contribution in [3.8, 4) is 0 Å². The van der Waals surface area contributed by atoms with Gasteiger partial charge in [-0.15, -0.1) is 5.12 Å². The number of nitrogens with zero attached hydrogens (tertiary/aromatic N) is 6. The van der Waals surface area contributed by atoms with Crippen LogP contribution in [0.15, 0.2) is 10.3 Å². The summed E-state index contributed by atoms with van der Waals surface area (Å²) in [4.78, 5) is 0. The number of H-pyrrole nitrogens is 1. The molecule has 0 aliphatic carbocycles. The van der Waals surface area contributed by atoms with E-state index in [1.54, 1.807) is 0 Å². The van der Waals surface area contributed by atoms with Gasteiger partial charge in [0.1, 0.15) is 0 Å². The van der Waals surface area contributed by atoms with Crippen LogP contribution in [-0.4, -0.2) is 32.1 Å². The number of hydrogen-bond acceptors (Lipinski definition) is 6. The van der Waals surface area contributed by atoms with E-state index in [9.17, 15) is 0 Å². The van der Waals surface area contributed by atoms with Crippen molar-refractivity contribution in [1.82, 2.24) is 20.6 Å². The maximum Gasteiger partial charge on any atom is 0.279 e. The van der Waals surface area contributed by atoms with Crippen molar-refractivity contribution in [3.63, 3.8) is 0 Å². The predicted octanol–water partition coefficient (Wildman–Crippen LogP) is -2.68. The normalized spacial score (nSPS) is 9.62. The lowest BCUT2D eigenvalue weighted by molar-refractivity contribution is 0.816. The highest BCUT2D eigenvalue weighted by Crippen LogP contribution is 1.96. The topological polar surface area (TPSA) is 190 Å². The van der Waals surface area contributed by atoms with Gasteiger partial charge in [-0.25, -0.2) is 10.9 Å². The molecule has 1 aromatic heterocycles. The van der Waals surface area contributed by atoms with Crippen LogP contribution in [0.2, 0.25) is 0 Å². The van der Waals surface area contributed by atoms with Gasteiger partial charge in [0.2, 0.25) is 5.96 Å². The average molecular weight is 188 g/mol. The summed E-state index contributed by atoms with van der Waals surface area (Å²) in [5.41, 5.74) is 4.87. The van der Waals surface area contributed by atoms with Crippen LogP contribution in [0.3, 0.4) is 0 Å². The molecule has 0 aliphatic heterocycles. The van der Waals surface area contributed by atoms with Gasteiger partial charge >= 0.3 is 0 Å². The highest BCUT2D eigenvalue weighted by atomic mass is 16.0. The standard InChI is InChI=1S/C2H6N10.H2O/c3-1(4)6-11-12(5)2-7-9-10-8-2;/h5H2,(H3,3,4)(H,7,8,9,10);1H2. The molecule has 1 aromatic rings. The summed E-state index contributed by atoms with van der Waals surface area (Å²) in [6.45, 7) is 0. The van der Waals surface area contributed by atoms with Crippen LogP contribution < -0.4 is 16.7 Å². The molecule has 72 valence electrons. The fraction of sp³-hybridized carbons (Fsp3) is 0. The number of hydrazine groups is 1. The van der Waals surface area contributed by atoms with E-state index in [-0.39, 0.29) is 11.4 Å². The Bertz CT molecular complexity index is 275. The first-order valence-corrected chi connectivity index (χ1v) is 2.74. The van der Waals surface area contributed by atoms with Gasteiger partial charge in [-0.2, -0.15) is 0 Å². The largest absolute Gasteiger partial charge is 0.412 e. The van der Waals surface area contributed by atoms with Crippen molar-refractivity contribution in [1.29, 1.82) is 5.41 Å². The van der Waals surface area contributed by atoms with E-state index >= 15 is 0 Å². The van der Waals surface area contributed by atoms with Gasteiger partial charge in [-0.05, 0) is 15.7 Å². The molecule has 11 nitrogen and oxygen atoms in total. The van der Waals surface area contributed by atoms with E-state index in [2.05, 4.69) is 31.0 Å². The zero-order valence-corrected chi connectivity index (χ0v) is 6.34. The minimum Gasteiger partial charge on any atom is -0.412 e. The molecule has 1 heterocycles. The Morgan fingerprint density at radius 3 is 2.77 bits per heavy atom. The average Bonchev–Trinajstić information content (AvgIpc) is 2.51. The molecule has 13 heavy (non-hydrogen) atoms. The fourth-order valence-electron chi connectivity index (χ4n) is 0.390. The molecule has 0 saturated heterocycles. The smallest absolute Gasteiger partial charge is 0.279 e. The minimum atomic E-state index is -0.460. The molecule has 1 rings (SSSR count). The fourth-order valence-corrected chi connectivity index (χ4v) is 0.390. The lowest BCUT2D eigenvalue weighted by atomic mass is 11.1. The molecule has 0 unspecified atom stereocenters. The van der Waals surface area contributed by atoms with E-state index in [0.29, 0.717) is 0 Å². The zero-order chi connectivity index (χ0) is 8.97. The van der Waals surface area contributed by atoms with E-state index in [1.807, 2.05) is 0 Å². The van der Waals surface area contributed by atoms with Crippen LogP contribution in [0.4, 0.5) is 5.95 Å². The summed E-state index contributed by atoms with van der Waals surface area (Å²) in [6, 6.07) is 0. The van der Waals surface area contributed by atoms with E-state index in [1.165, 1.54) is 0 Å². The van der Waals surface area contributed by atoms with Crippen molar-refractivity contribution >= 4 is 11.9 Å². The van der Waals surface area contributed by atoms with Crippen molar-refractivity contribution in [3.05, 3.63) is 0 Å². The van der Waals surface area contributed by atoms with Gasteiger partial charge in [0.25, 0.3) is 5.95 Å². The minimum absolute atomic E-state index is 0. The van der Waals surface area contributed by atoms with E-state index < -0.39 is 5.96 Å². The number of aromatic nitrogens is 4. The SMILES string of the molecule is N=C(N)N=NN(N)c1nnn[nH]1.O. The maximum absolute atomic E-state index is 6.69. The predicted molar refractivity (Wildman–Crippen MR) is 41.2 cm³/mol. The number of tetrazole rings is 1. The van der Waals surface area contributed by atoms with Gasteiger partial charge in [0.15, 0.2) is 0 Å². The summed E-state index contributed by atoms with van der Waals surface area (Å²) in [5, 5.41) is 26.1. The number of nitrogens with two attached hydrogens (primary N) is 2. The van der Waals surface area contributed by atoms with Crippen molar-refractivity contribution in [2.75, 3.05) is 5.12 Å². The van der Waals surface area contributed by atoms with Crippen molar-refractivity contribution < 1.29 is 5.48 Å². The molecule has 0 radical (unpaired) electrons. The Kier molecular flexibility index (Phi) is 3.91. The zero-order valence-electron chi connectivity index (χ0n) is 6.34. The van der Waals surface area contributed by atoms with Gasteiger partial charge in [0.05, 0.1) is 0 Å². The summed E-state index contributed by atoms with van der Waals surface area (Å²) in [7, 11) is 0. The second-order valence-electron chi connectivity index (χ2n) is 1.64. The highest BCUT2D eigenvalue weighted by molar-refractivity contribution is 5.74. The van der Waals surface area contributed by atoms with Crippen LogP contribution >= 0.6 is 0 Å². The van der Waals surface area contributed by atoms with Gasteiger partial charge in [-0.3, -0.25) is 5.41 Å². The molecule has 0 saturated carbocycles. The molecule has 0 bridgehead atoms. The van der Waals surface area contributed by atoms with Gasteiger partial charge < -0.3 is 11.2 Å². The van der Waals surface area contributed by atoms with Crippen LogP contribution in [0, 0.1) is 5.41 Å². The van der Waals surface area contributed by atoms with Gasteiger partial charge in [-0.1, -0.05) is 10.2 Å². The number of aromatic amines is 1. The summed E-state index contributed by atoms with van der Waals surface area (Å²) < 4.78 is 0. The number of rotatable bonds is 2. The van der Waals surface area contributed by atoms with Crippen LogP contribution in [-0.2, 0) is 0 Å². The molecule has 0 aromatic carbocycles. The summed E-state index contributed by atoms with van der Waals surface area (Å²) in [6.07, 6.45) is 0. The molecule has 11 heteroatoms.